The molecule has 7 nitrogen and oxygen atoms in total. The van der Waals surface area contributed by atoms with Crippen molar-refractivity contribution in [1.29, 1.82) is 0 Å². The Kier molecular flexibility index (Phi) is 4.50. The quantitative estimate of drug-likeness (QED) is 0.860. The Hall–Kier alpha value is -2.25. The molecule has 134 valence electrons. The van der Waals surface area contributed by atoms with E-state index in [1.165, 1.54) is 5.56 Å². The molecule has 2 aliphatic heterocycles. The zero-order chi connectivity index (χ0) is 17.2. The van der Waals surface area contributed by atoms with Crippen molar-refractivity contribution in [2.24, 2.45) is 7.05 Å². The largest absolute Gasteiger partial charge is 0.491 e. The minimum absolute atomic E-state index is 0.242. The number of aliphatic hydroxyl groups excluding tert-OH is 1. The second-order valence-corrected chi connectivity index (χ2v) is 6.58. The molecule has 0 amide bonds. The smallest absolute Gasteiger partial charge is 0.231 e. The van der Waals surface area contributed by atoms with Gasteiger partial charge in [-0.3, -0.25) is 9.58 Å². The normalized spacial score (nSPS) is 20.8. The van der Waals surface area contributed by atoms with E-state index in [0.29, 0.717) is 24.1 Å². The molecule has 25 heavy (non-hydrogen) atoms. The topological polar surface area (TPSA) is 69.0 Å². The van der Waals surface area contributed by atoms with Crippen LogP contribution in [0, 0.1) is 0 Å². The molecule has 2 aliphatic rings. The van der Waals surface area contributed by atoms with Gasteiger partial charge in [0.15, 0.2) is 11.5 Å². The molecular weight excluding hydrogens is 322 g/mol. The van der Waals surface area contributed by atoms with Crippen LogP contribution in [0.25, 0.3) is 0 Å². The van der Waals surface area contributed by atoms with Crippen molar-refractivity contribution in [2.45, 2.75) is 25.0 Å². The third-order valence-electron chi connectivity index (χ3n) is 4.70. The van der Waals surface area contributed by atoms with E-state index in [1.807, 2.05) is 30.1 Å². The highest BCUT2D eigenvalue weighted by Gasteiger charge is 2.28. The molecule has 1 N–H and O–H groups in total. The number of likely N-dealkylation sites (tertiary alicyclic amines) is 1. The maximum atomic E-state index is 10.4. The van der Waals surface area contributed by atoms with Gasteiger partial charge < -0.3 is 19.3 Å². The number of aryl methyl sites for hydroxylation is 1. The Balaban J connectivity index is 1.31. The third kappa shape index (κ3) is 3.57. The van der Waals surface area contributed by atoms with E-state index < -0.39 is 6.10 Å². The molecule has 7 heteroatoms. The van der Waals surface area contributed by atoms with E-state index in [2.05, 4.69) is 16.2 Å². The molecular formula is C18H23N3O4. The number of ether oxygens (including phenoxy) is 3. The molecule has 0 saturated carbocycles. The molecule has 1 fully saturated rings. The van der Waals surface area contributed by atoms with E-state index in [4.69, 9.17) is 14.2 Å². The molecule has 4 rings (SSSR count). The first kappa shape index (κ1) is 16.2. The van der Waals surface area contributed by atoms with Crippen molar-refractivity contribution in [3.8, 4) is 17.2 Å². The standard InChI is InChI=1S/C18H23N3O4/c1-20-9-13(8-19-20)16-3-2-6-21(16)10-14(22)11-23-15-4-5-17-18(7-15)25-12-24-17/h4-5,7-9,14,16,22H,2-3,6,10-12H2,1H3/t14-,16+/m1/s1. The molecule has 2 aromatic rings. The monoisotopic (exact) mass is 345 g/mol. The van der Waals surface area contributed by atoms with Gasteiger partial charge in [-0.15, -0.1) is 0 Å². The molecule has 0 aliphatic carbocycles. The van der Waals surface area contributed by atoms with Gasteiger partial charge in [-0.25, -0.2) is 0 Å². The summed E-state index contributed by atoms with van der Waals surface area (Å²) in [7, 11) is 1.93. The van der Waals surface area contributed by atoms with Crippen LogP contribution in [0.1, 0.15) is 24.4 Å². The molecule has 0 radical (unpaired) electrons. The zero-order valence-corrected chi connectivity index (χ0v) is 14.3. The van der Waals surface area contributed by atoms with Gasteiger partial charge in [-0.1, -0.05) is 0 Å². The summed E-state index contributed by atoms with van der Waals surface area (Å²) in [4.78, 5) is 2.31. The Labute approximate surface area is 146 Å². The molecule has 1 saturated heterocycles. The lowest BCUT2D eigenvalue weighted by molar-refractivity contribution is 0.0637. The fraction of sp³-hybridized carbons (Fsp3) is 0.500. The highest BCUT2D eigenvalue weighted by molar-refractivity contribution is 5.46. The predicted octanol–water partition coefficient (Wildman–Crippen LogP) is 1.73. The summed E-state index contributed by atoms with van der Waals surface area (Å²) in [5.74, 6) is 2.08. The van der Waals surface area contributed by atoms with Gasteiger partial charge in [0.2, 0.25) is 6.79 Å². The van der Waals surface area contributed by atoms with Gasteiger partial charge in [0.1, 0.15) is 18.5 Å². The summed E-state index contributed by atoms with van der Waals surface area (Å²) in [5, 5.41) is 14.7. The molecule has 0 spiro atoms. The van der Waals surface area contributed by atoms with Crippen LogP contribution in [0.2, 0.25) is 0 Å². The van der Waals surface area contributed by atoms with Crippen LogP contribution in [-0.4, -0.2) is 52.4 Å². The summed E-state index contributed by atoms with van der Waals surface area (Å²) >= 11 is 0. The third-order valence-corrected chi connectivity index (χ3v) is 4.70. The van der Waals surface area contributed by atoms with Crippen molar-refractivity contribution in [2.75, 3.05) is 26.5 Å². The fourth-order valence-electron chi connectivity index (χ4n) is 3.52. The Morgan fingerprint density at radius 2 is 2.24 bits per heavy atom. The average molecular weight is 345 g/mol. The maximum absolute atomic E-state index is 10.4. The van der Waals surface area contributed by atoms with Crippen LogP contribution in [0.5, 0.6) is 17.2 Å². The number of hydrogen-bond donors (Lipinski definition) is 1. The number of β-amino-alcohol motifs (C(OH)–C–C–N with tert-alkyl or cyclic N) is 1. The van der Waals surface area contributed by atoms with Crippen LogP contribution in [0.3, 0.4) is 0 Å². The summed E-state index contributed by atoms with van der Waals surface area (Å²) < 4.78 is 18.2. The van der Waals surface area contributed by atoms with Crippen molar-refractivity contribution >= 4 is 0 Å². The van der Waals surface area contributed by atoms with E-state index in [0.717, 1.165) is 25.1 Å². The number of aliphatic hydroxyl groups is 1. The van der Waals surface area contributed by atoms with E-state index in [1.54, 1.807) is 6.07 Å². The predicted molar refractivity (Wildman–Crippen MR) is 90.8 cm³/mol. The molecule has 1 aromatic heterocycles. The van der Waals surface area contributed by atoms with Crippen molar-refractivity contribution in [3.05, 3.63) is 36.2 Å². The van der Waals surface area contributed by atoms with Crippen LogP contribution >= 0.6 is 0 Å². The number of fused-ring (bicyclic) bond motifs is 1. The molecule has 0 unspecified atom stereocenters. The average Bonchev–Trinajstić information content (AvgIpc) is 3.32. The number of rotatable bonds is 6. The Morgan fingerprint density at radius 1 is 1.36 bits per heavy atom. The maximum Gasteiger partial charge on any atom is 0.231 e. The minimum atomic E-state index is -0.553. The summed E-state index contributed by atoms with van der Waals surface area (Å²) in [5.41, 5.74) is 1.21. The second kappa shape index (κ2) is 6.93. The molecule has 0 bridgehead atoms. The van der Waals surface area contributed by atoms with Gasteiger partial charge in [-0.2, -0.15) is 5.10 Å². The SMILES string of the molecule is Cn1cc([C@@H]2CCCN2C[C@@H](O)COc2ccc3c(c2)OCO3)cn1. The first-order valence-electron chi connectivity index (χ1n) is 8.62. The van der Waals surface area contributed by atoms with Crippen LogP contribution in [0.15, 0.2) is 30.6 Å². The van der Waals surface area contributed by atoms with Crippen LogP contribution < -0.4 is 14.2 Å². The highest BCUT2D eigenvalue weighted by atomic mass is 16.7. The van der Waals surface area contributed by atoms with Gasteiger partial charge >= 0.3 is 0 Å². The van der Waals surface area contributed by atoms with Crippen molar-refractivity contribution < 1.29 is 19.3 Å². The van der Waals surface area contributed by atoms with E-state index >= 15 is 0 Å². The molecule has 3 heterocycles. The number of nitrogens with zero attached hydrogens (tertiary/aromatic N) is 3. The zero-order valence-electron chi connectivity index (χ0n) is 14.3. The highest BCUT2D eigenvalue weighted by Crippen LogP contribution is 2.35. The van der Waals surface area contributed by atoms with Gasteiger partial charge in [0.25, 0.3) is 0 Å². The lowest BCUT2D eigenvalue weighted by Gasteiger charge is -2.26. The number of aromatic nitrogens is 2. The fourth-order valence-corrected chi connectivity index (χ4v) is 3.52. The summed E-state index contributed by atoms with van der Waals surface area (Å²) in [6, 6.07) is 5.77. The summed E-state index contributed by atoms with van der Waals surface area (Å²) in [6.07, 6.45) is 5.65. The van der Waals surface area contributed by atoms with Gasteiger partial charge in [0, 0.05) is 37.5 Å². The minimum Gasteiger partial charge on any atom is -0.491 e. The van der Waals surface area contributed by atoms with Crippen LogP contribution in [-0.2, 0) is 7.05 Å². The van der Waals surface area contributed by atoms with Gasteiger partial charge in [-0.05, 0) is 31.5 Å². The van der Waals surface area contributed by atoms with E-state index in [-0.39, 0.29) is 13.4 Å². The Morgan fingerprint density at radius 3 is 3.08 bits per heavy atom. The second-order valence-electron chi connectivity index (χ2n) is 6.58. The number of hydrogen-bond acceptors (Lipinski definition) is 6. The lowest BCUT2D eigenvalue weighted by atomic mass is 10.1. The molecule has 2 atom stereocenters. The first-order chi connectivity index (χ1) is 12.2. The number of benzene rings is 1. The van der Waals surface area contributed by atoms with Gasteiger partial charge in [0.05, 0.1) is 6.20 Å². The first-order valence-corrected chi connectivity index (χ1v) is 8.62. The van der Waals surface area contributed by atoms with Crippen LogP contribution in [0.4, 0.5) is 0 Å². The van der Waals surface area contributed by atoms with Crippen molar-refractivity contribution in [3.63, 3.8) is 0 Å². The lowest BCUT2D eigenvalue weighted by Crippen LogP contribution is -2.35. The Bertz CT molecular complexity index is 733. The summed E-state index contributed by atoms with van der Waals surface area (Å²) in [6.45, 7) is 2.06. The van der Waals surface area contributed by atoms with Crippen molar-refractivity contribution in [1.82, 2.24) is 14.7 Å². The van der Waals surface area contributed by atoms with E-state index in [9.17, 15) is 5.11 Å². The molecule has 1 aromatic carbocycles.